The van der Waals surface area contributed by atoms with Crippen LogP contribution in [0.15, 0.2) is 23.1 Å². The average Bonchev–Trinajstić information content (AvgIpc) is 3.67. The molecule has 1 aromatic heterocycles. The number of halogens is 3. The van der Waals surface area contributed by atoms with Crippen LogP contribution in [0.3, 0.4) is 0 Å². The summed E-state index contributed by atoms with van der Waals surface area (Å²) in [6.07, 6.45) is 4.61. The number of hydrogen-bond acceptors (Lipinski definition) is 7. The predicted molar refractivity (Wildman–Crippen MR) is 137 cm³/mol. The minimum absolute atomic E-state index is 0. The number of nitrogens with zero attached hydrogens (tertiary/aromatic N) is 3. The van der Waals surface area contributed by atoms with E-state index in [1.54, 1.807) is 11.0 Å². The highest BCUT2D eigenvalue weighted by molar-refractivity contribution is 5.94. The molecule has 35 heavy (non-hydrogen) atoms. The first-order valence-corrected chi connectivity index (χ1v) is 11.3. The molecule has 1 saturated heterocycles. The molecule has 1 aromatic carbocycles. The van der Waals surface area contributed by atoms with Gasteiger partial charge in [-0.3, -0.25) is 9.59 Å². The van der Waals surface area contributed by atoms with Gasteiger partial charge in [-0.15, -0.1) is 24.8 Å². The van der Waals surface area contributed by atoms with Crippen molar-refractivity contribution in [1.82, 2.24) is 9.47 Å². The van der Waals surface area contributed by atoms with Gasteiger partial charge in [0.25, 0.3) is 0 Å². The third-order valence-electron chi connectivity index (χ3n) is 6.41. The van der Waals surface area contributed by atoms with Gasteiger partial charge in [0.15, 0.2) is 0 Å². The number of esters is 1. The van der Waals surface area contributed by atoms with E-state index in [4.69, 9.17) is 16.2 Å². The van der Waals surface area contributed by atoms with Crippen molar-refractivity contribution >= 4 is 53.3 Å². The zero-order valence-corrected chi connectivity index (χ0v) is 21.2. The molecule has 0 radical (unpaired) electrons. The van der Waals surface area contributed by atoms with Gasteiger partial charge in [0.05, 0.1) is 24.4 Å². The van der Waals surface area contributed by atoms with Crippen molar-refractivity contribution < 1.29 is 18.7 Å². The number of rotatable bonds is 7. The summed E-state index contributed by atoms with van der Waals surface area (Å²) in [7, 11) is 1.21. The molecule has 1 aliphatic carbocycles. The summed E-state index contributed by atoms with van der Waals surface area (Å²) in [5.41, 5.74) is 11.8. The summed E-state index contributed by atoms with van der Waals surface area (Å²) in [6.45, 7) is 2.26. The van der Waals surface area contributed by atoms with E-state index in [0.29, 0.717) is 56.8 Å². The number of amides is 1. The number of methoxy groups -OCH3 is 1. The average molecular weight is 532 g/mol. The molecule has 0 spiro atoms. The van der Waals surface area contributed by atoms with Crippen LogP contribution in [0, 0.1) is 5.82 Å². The van der Waals surface area contributed by atoms with E-state index in [-0.39, 0.29) is 47.7 Å². The van der Waals surface area contributed by atoms with Gasteiger partial charge < -0.3 is 30.6 Å². The lowest BCUT2D eigenvalue weighted by atomic mass is 10.1. The number of hydrogen-bond donors (Lipinski definition) is 2. The minimum Gasteiger partial charge on any atom is -0.465 e. The Balaban J connectivity index is 0.00000216. The van der Waals surface area contributed by atoms with E-state index in [1.807, 2.05) is 9.47 Å². The molecular weight excluding hydrogens is 500 g/mol. The molecule has 2 aliphatic rings. The lowest BCUT2D eigenvalue weighted by molar-refractivity contribution is -0.133. The van der Waals surface area contributed by atoms with Crippen molar-refractivity contribution in [3.05, 3.63) is 39.9 Å². The van der Waals surface area contributed by atoms with Crippen LogP contribution in [0.5, 0.6) is 0 Å². The van der Waals surface area contributed by atoms with Crippen molar-refractivity contribution in [3.8, 4) is 0 Å². The molecule has 2 fully saturated rings. The third-order valence-corrected chi connectivity index (χ3v) is 6.41. The number of piperazine rings is 1. The molecule has 0 unspecified atom stereocenters. The Hall–Kier alpha value is -2.40. The van der Waals surface area contributed by atoms with Crippen molar-refractivity contribution in [1.29, 1.82) is 0 Å². The van der Waals surface area contributed by atoms with Crippen LogP contribution >= 0.6 is 24.8 Å². The highest BCUT2D eigenvalue weighted by Gasteiger charge is 2.30. The number of anilines is 1. The van der Waals surface area contributed by atoms with Gasteiger partial charge >= 0.3 is 5.97 Å². The normalized spacial score (nSPS) is 16.3. The van der Waals surface area contributed by atoms with Crippen molar-refractivity contribution in [2.45, 2.75) is 37.8 Å². The van der Waals surface area contributed by atoms with Gasteiger partial charge in [-0.05, 0) is 44.4 Å². The Morgan fingerprint density at radius 1 is 1.17 bits per heavy atom. The van der Waals surface area contributed by atoms with Crippen molar-refractivity contribution in [2.24, 2.45) is 11.5 Å². The van der Waals surface area contributed by atoms with E-state index in [2.05, 4.69) is 0 Å². The van der Waals surface area contributed by atoms with E-state index in [1.165, 1.54) is 19.4 Å². The molecule has 12 heteroatoms. The van der Waals surface area contributed by atoms with Crippen LogP contribution in [0.2, 0.25) is 0 Å². The second kappa shape index (κ2) is 12.0. The molecule has 0 bridgehead atoms. The molecule has 194 valence electrons. The zero-order valence-electron chi connectivity index (χ0n) is 19.6. The lowest BCUT2D eigenvalue weighted by Crippen LogP contribution is -2.53. The van der Waals surface area contributed by atoms with Crippen LogP contribution in [0.25, 0.3) is 10.9 Å². The quantitative estimate of drug-likeness (QED) is 0.522. The second-order valence-electron chi connectivity index (χ2n) is 8.67. The first-order valence-electron chi connectivity index (χ1n) is 11.3. The highest BCUT2D eigenvalue weighted by Crippen LogP contribution is 2.38. The first-order chi connectivity index (χ1) is 15.8. The standard InChI is InChI=1S/C23H30FN5O4.2ClH/c1-33-23(32)16-13-29(14-4-5-14)19-12-20(17(24)11-15(19)21(16)30)27-7-9-28(10-8-27)22(31)18(26)3-2-6-25;;/h11-14,18H,2-10,25-26H2,1H3;2*1H/t18-;;/m1../s1. The van der Waals surface area contributed by atoms with Gasteiger partial charge in [0, 0.05) is 43.8 Å². The van der Waals surface area contributed by atoms with Gasteiger partial charge in [-0.2, -0.15) is 0 Å². The van der Waals surface area contributed by atoms with E-state index in [9.17, 15) is 14.4 Å². The lowest BCUT2D eigenvalue weighted by Gasteiger charge is -2.37. The summed E-state index contributed by atoms with van der Waals surface area (Å²) in [5, 5.41) is 0.158. The van der Waals surface area contributed by atoms with E-state index in [0.717, 1.165) is 12.8 Å². The molecule has 9 nitrogen and oxygen atoms in total. The fourth-order valence-electron chi connectivity index (χ4n) is 4.37. The molecule has 4 N–H and O–H groups in total. The van der Waals surface area contributed by atoms with Crippen LogP contribution in [0.4, 0.5) is 10.1 Å². The molecule has 2 heterocycles. The minimum atomic E-state index is -0.730. The summed E-state index contributed by atoms with van der Waals surface area (Å²) in [6, 6.07) is 2.47. The van der Waals surface area contributed by atoms with E-state index >= 15 is 4.39 Å². The van der Waals surface area contributed by atoms with Gasteiger partial charge in [0.2, 0.25) is 11.3 Å². The summed E-state index contributed by atoms with van der Waals surface area (Å²) >= 11 is 0. The maximum Gasteiger partial charge on any atom is 0.343 e. The maximum absolute atomic E-state index is 15.2. The maximum atomic E-state index is 15.2. The van der Waals surface area contributed by atoms with Gasteiger partial charge in [0.1, 0.15) is 11.4 Å². The number of pyridine rings is 1. The Morgan fingerprint density at radius 2 is 1.83 bits per heavy atom. The molecule has 1 saturated carbocycles. The Labute approximate surface area is 215 Å². The topological polar surface area (TPSA) is 124 Å². The largest absolute Gasteiger partial charge is 0.465 e. The Morgan fingerprint density at radius 3 is 2.40 bits per heavy atom. The number of carbonyl (C=O) groups is 2. The number of aromatic nitrogens is 1. The molecule has 1 aliphatic heterocycles. The molecular formula is C23H32Cl2FN5O4. The van der Waals surface area contributed by atoms with Crippen molar-refractivity contribution in [2.75, 3.05) is 44.7 Å². The van der Waals surface area contributed by atoms with E-state index < -0.39 is 23.3 Å². The number of benzene rings is 1. The van der Waals surface area contributed by atoms with Crippen LogP contribution in [-0.4, -0.2) is 67.2 Å². The summed E-state index contributed by atoms with van der Waals surface area (Å²) in [4.78, 5) is 41.1. The van der Waals surface area contributed by atoms with Crippen LogP contribution in [0.1, 0.15) is 42.1 Å². The zero-order chi connectivity index (χ0) is 23.7. The number of carbonyl (C=O) groups excluding carboxylic acids is 2. The fourth-order valence-corrected chi connectivity index (χ4v) is 4.37. The highest BCUT2D eigenvalue weighted by atomic mass is 35.5. The Bertz CT molecular complexity index is 1130. The fraction of sp³-hybridized carbons (Fsp3) is 0.522. The van der Waals surface area contributed by atoms with Crippen LogP contribution < -0.4 is 21.8 Å². The number of nitrogens with two attached hydrogens (primary N) is 2. The Kier molecular flexibility index (Phi) is 9.91. The smallest absolute Gasteiger partial charge is 0.343 e. The molecule has 4 rings (SSSR count). The van der Waals surface area contributed by atoms with Crippen molar-refractivity contribution in [3.63, 3.8) is 0 Å². The monoisotopic (exact) mass is 531 g/mol. The summed E-state index contributed by atoms with van der Waals surface area (Å²) < 4.78 is 21.8. The predicted octanol–water partition coefficient (Wildman–Crippen LogP) is 1.82. The number of ether oxygens (including phenoxy) is 1. The number of fused-ring (bicyclic) bond motifs is 1. The van der Waals surface area contributed by atoms with Gasteiger partial charge in [-0.25, -0.2) is 9.18 Å². The summed E-state index contributed by atoms with van der Waals surface area (Å²) in [5.74, 6) is -1.38. The molecule has 2 aromatic rings. The van der Waals surface area contributed by atoms with Crippen LogP contribution in [-0.2, 0) is 9.53 Å². The first kappa shape index (κ1) is 28.8. The van der Waals surface area contributed by atoms with Gasteiger partial charge in [-0.1, -0.05) is 0 Å². The second-order valence-corrected chi connectivity index (χ2v) is 8.67. The molecule has 1 atom stereocenters. The third kappa shape index (κ3) is 5.88. The SMILES string of the molecule is COC(=O)c1cn(C2CC2)c2cc(N3CCN(C(=O)[C@H](N)CCCN)CC3)c(F)cc2c1=O.Cl.Cl. The molecule has 1 amide bonds.